The summed E-state index contributed by atoms with van der Waals surface area (Å²) in [4.78, 5) is 26.0. The standard InChI is InChI=1S/C26H32N4O3/c1-5-30(24(31)13-14-25(32)33-6-2)23-17-18(3)21(16-19(23)4)8-7-15-29-22-11-9-20(10-12-22)26(27)28/h9-12,16-17,29H,5-6,13-15H2,1-4H3,(H3,27,28). The van der Waals surface area contributed by atoms with Crippen LogP contribution < -0.4 is 16.0 Å². The van der Waals surface area contributed by atoms with Crippen LogP contribution in [0.15, 0.2) is 36.4 Å². The summed E-state index contributed by atoms with van der Waals surface area (Å²) in [7, 11) is 0. The molecule has 2 aromatic rings. The molecule has 33 heavy (non-hydrogen) atoms. The number of esters is 1. The summed E-state index contributed by atoms with van der Waals surface area (Å²) in [5.41, 5.74) is 10.7. The minimum absolute atomic E-state index is 0.0398. The van der Waals surface area contributed by atoms with E-state index in [1.54, 1.807) is 24.0 Å². The van der Waals surface area contributed by atoms with Crippen LogP contribution in [0.25, 0.3) is 0 Å². The highest BCUT2D eigenvalue weighted by Gasteiger charge is 2.18. The lowest BCUT2D eigenvalue weighted by Crippen LogP contribution is -2.31. The summed E-state index contributed by atoms with van der Waals surface area (Å²) in [5.74, 6) is 5.89. The van der Waals surface area contributed by atoms with Crippen LogP contribution in [-0.2, 0) is 14.3 Å². The number of hydrogen-bond acceptors (Lipinski definition) is 5. The van der Waals surface area contributed by atoms with E-state index >= 15 is 0 Å². The quantitative estimate of drug-likeness (QED) is 0.234. The second-order valence-electron chi connectivity index (χ2n) is 7.54. The van der Waals surface area contributed by atoms with Crippen molar-refractivity contribution < 1.29 is 14.3 Å². The lowest BCUT2D eigenvalue weighted by atomic mass is 10.0. The number of nitrogens with one attached hydrogen (secondary N) is 2. The molecule has 0 saturated heterocycles. The average molecular weight is 449 g/mol. The predicted molar refractivity (Wildman–Crippen MR) is 133 cm³/mol. The van der Waals surface area contributed by atoms with Crippen LogP contribution in [0.1, 0.15) is 48.9 Å². The minimum atomic E-state index is -0.358. The Labute approximate surface area is 195 Å². The van der Waals surface area contributed by atoms with Crippen LogP contribution >= 0.6 is 0 Å². The molecule has 2 aromatic carbocycles. The molecule has 1 amide bonds. The Kier molecular flexibility index (Phi) is 9.49. The van der Waals surface area contributed by atoms with E-state index in [2.05, 4.69) is 17.2 Å². The van der Waals surface area contributed by atoms with E-state index in [4.69, 9.17) is 15.9 Å². The van der Waals surface area contributed by atoms with Crippen molar-refractivity contribution in [3.63, 3.8) is 0 Å². The van der Waals surface area contributed by atoms with Gasteiger partial charge in [0.15, 0.2) is 0 Å². The molecular weight excluding hydrogens is 416 g/mol. The van der Waals surface area contributed by atoms with E-state index in [1.807, 2.05) is 45.0 Å². The van der Waals surface area contributed by atoms with Crippen molar-refractivity contribution in [2.75, 3.05) is 29.9 Å². The topological polar surface area (TPSA) is 109 Å². The molecular formula is C26H32N4O3. The molecule has 0 bridgehead atoms. The van der Waals surface area contributed by atoms with Crippen LogP contribution in [0.4, 0.5) is 11.4 Å². The van der Waals surface area contributed by atoms with Gasteiger partial charge in [0.1, 0.15) is 5.84 Å². The fourth-order valence-electron chi connectivity index (χ4n) is 3.34. The van der Waals surface area contributed by atoms with Gasteiger partial charge < -0.3 is 20.7 Å². The van der Waals surface area contributed by atoms with Gasteiger partial charge in [-0.05, 0) is 75.2 Å². The number of hydrogen-bond donors (Lipinski definition) is 3. The Morgan fingerprint density at radius 2 is 1.79 bits per heavy atom. The number of nitrogen functional groups attached to an aromatic ring is 1. The van der Waals surface area contributed by atoms with Gasteiger partial charge in [-0.25, -0.2) is 0 Å². The highest BCUT2D eigenvalue weighted by Crippen LogP contribution is 2.25. The van der Waals surface area contributed by atoms with E-state index in [1.165, 1.54) is 0 Å². The van der Waals surface area contributed by atoms with Crippen molar-refractivity contribution in [3.05, 3.63) is 58.7 Å². The lowest BCUT2D eigenvalue weighted by Gasteiger charge is -2.24. The van der Waals surface area contributed by atoms with Gasteiger partial charge >= 0.3 is 5.97 Å². The van der Waals surface area contributed by atoms with Gasteiger partial charge in [0.2, 0.25) is 5.91 Å². The van der Waals surface area contributed by atoms with Crippen LogP contribution in [0.5, 0.6) is 0 Å². The van der Waals surface area contributed by atoms with Gasteiger partial charge in [-0.1, -0.05) is 11.8 Å². The monoisotopic (exact) mass is 448 g/mol. The summed E-state index contributed by atoms with van der Waals surface area (Å²) >= 11 is 0. The highest BCUT2D eigenvalue weighted by atomic mass is 16.5. The molecule has 0 aromatic heterocycles. The van der Waals surface area contributed by atoms with Crippen molar-refractivity contribution in [2.24, 2.45) is 5.73 Å². The maximum Gasteiger partial charge on any atom is 0.306 e. The second-order valence-corrected chi connectivity index (χ2v) is 7.54. The summed E-state index contributed by atoms with van der Waals surface area (Å²) in [6.07, 6.45) is 0.195. The number of amidine groups is 1. The van der Waals surface area contributed by atoms with Gasteiger partial charge in [-0.2, -0.15) is 0 Å². The van der Waals surface area contributed by atoms with E-state index in [9.17, 15) is 9.59 Å². The zero-order valence-corrected chi connectivity index (χ0v) is 19.7. The maximum atomic E-state index is 12.7. The Morgan fingerprint density at radius 1 is 1.09 bits per heavy atom. The van der Waals surface area contributed by atoms with Gasteiger partial charge in [0.05, 0.1) is 19.6 Å². The molecule has 0 heterocycles. The highest BCUT2D eigenvalue weighted by molar-refractivity contribution is 5.96. The molecule has 0 atom stereocenters. The third-order valence-corrected chi connectivity index (χ3v) is 5.10. The molecule has 0 fully saturated rings. The van der Waals surface area contributed by atoms with Crippen molar-refractivity contribution >= 4 is 29.1 Å². The van der Waals surface area contributed by atoms with Gasteiger partial charge in [-0.15, -0.1) is 0 Å². The Balaban J connectivity index is 2.05. The summed E-state index contributed by atoms with van der Waals surface area (Å²) < 4.78 is 4.92. The molecule has 0 unspecified atom stereocenters. The third kappa shape index (κ3) is 7.39. The summed E-state index contributed by atoms with van der Waals surface area (Å²) in [5, 5.41) is 10.7. The molecule has 0 spiro atoms. The number of carbonyl (C=O) groups is 2. The lowest BCUT2D eigenvalue weighted by molar-refractivity contribution is -0.144. The van der Waals surface area contributed by atoms with Gasteiger partial charge in [0.25, 0.3) is 0 Å². The number of nitrogens with zero attached hydrogens (tertiary/aromatic N) is 1. The Bertz CT molecular complexity index is 1070. The van der Waals surface area contributed by atoms with Crippen molar-refractivity contribution in [3.8, 4) is 11.8 Å². The average Bonchev–Trinajstić information content (AvgIpc) is 2.79. The Morgan fingerprint density at radius 3 is 2.39 bits per heavy atom. The minimum Gasteiger partial charge on any atom is -0.466 e. The van der Waals surface area contributed by atoms with E-state index in [0.29, 0.717) is 25.3 Å². The van der Waals surface area contributed by atoms with Crippen molar-refractivity contribution in [1.82, 2.24) is 0 Å². The first-order chi connectivity index (χ1) is 15.8. The second kappa shape index (κ2) is 12.3. The first kappa shape index (κ1) is 25.5. The van der Waals surface area contributed by atoms with E-state index in [0.717, 1.165) is 28.1 Å². The summed E-state index contributed by atoms with van der Waals surface area (Å²) in [6, 6.07) is 11.3. The number of amides is 1. The van der Waals surface area contributed by atoms with E-state index in [-0.39, 0.29) is 30.6 Å². The van der Waals surface area contributed by atoms with Crippen molar-refractivity contribution in [2.45, 2.75) is 40.5 Å². The molecule has 0 saturated carbocycles. The zero-order valence-electron chi connectivity index (χ0n) is 19.7. The molecule has 0 radical (unpaired) electrons. The first-order valence-corrected chi connectivity index (χ1v) is 11.0. The third-order valence-electron chi connectivity index (χ3n) is 5.10. The molecule has 0 aliphatic carbocycles. The predicted octanol–water partition coefficient (Wildman–Crippen LogP) is 3.75. The van der Waals surface area contributed by atoms with Crippen LogP contribution in [-0.4, -0.2) is 37.4 Å². The fraction of sp³-hybridized carbons (Fsp3) is 0.346. The number of aryl methyl sites for hydroxylation is 2. The van der Waals surface area contributed by atoms with Gasteiger partial charge in [-0.3, -0.25) is 15.0 Å². The number of benzene rings is 2. The smallest absolute Gasteiger partial charge is 0.306 e. The first-order valence-electron chi connectivity index (χ1n) is 11.0. The largest absolute Gasteiger partial charge is 0.466 e. The molecule has 0 aliphatic rings. The van der Waals surface area contributed by atoms with Crippen LogP contribution in [0.3, 0.4) is 0 Å². The maximum absolute atomic E-state index is 12.7. The van der Waals surface area contributed by atoms with Crippen LogP contribution in [0, 0.1) is 31.1 Å². The molecule has 174 valence electrons. The number of nitrogens with two attached hydrogens (primary N) is 1. The number of anilines is 2. The SMILES string of the molecule is CCOC(=O)CCC(=O)N(CC)c1cc(C)c(C#CCNc2ccc(C(=N)N)cc2)cc1C. The molecule has 7 heteroatoms. The van der Waals surface area contributed by atoms with Gasteiger partial charge in [0, 0.05) is 35.5 Å². The molecule has 2 rings (SSSR count). The zero-order chi connectivity index (χ0) is 24.4. The van der Waals surface area contributed by atoms with Crippen molar-refractivity contribution in [1.29, 1.82) is 5.41 Å². The van der Waals surface area contributed by atoms with Crippen LogP contribution in [0.2, 0.25) is 0 Å². The summed E-state index contributed by atoms with van der Waals surface area (Å²) in [6.45, 7) is 8.88. The number of ether oxygens (including phenoxy) is 1. The molecule has 0 aliphatic heterocycles. The number of rotatable bonds is 9. The molecule has 4 N–H and O–H groups in total. The fourth-order valence-corrected chi connectivity index (χ4v) is 3.34. The van der Waals surface area contributed by atoms with E-state index < -0.39 is 0 Å². The number of carbonyl (C=O) groups excluding carboxylic acids is 2. The Hall–Kier alpha value is -3.79. The normalized spacial score (nSPS) is 10.1. The molecule has 7 nitrogen and oxygen atoms in total.